The van der Waals surface area contributed by atoms with E-state index >= 15 is 0 Å². The standard InChI is InChI=1S/C43H63N7O13/c1-24(2)14-12-10-8-7-9-11-13-15-35(53)48(5)33(23-51)41(58)45-25(3)39(56)44-22-36(54)49(6)37-28-16-17-34(52)29(21-28)30-18-27(20-32(38(30)55)50(62)63)19-31(43(60)61)47-40(57)26(4)46-42(37)59/h16-18,20-21,24-26,31,33,37,51-52,55,62-63H,7-15,19,22-23H2,1-6H3,(H,44,56)(H,45,58)(H,46,59)(H,47,57)(H,60,61)/t25-,26+,31?,33-,37?/m1/s1. The van der Waals surface area contributed by atoms with Crippen LogP contribution in [0.2, 0.25) is 0 Å². The summed E-state index contributed by atoms with van der Waals surface area (Å²) in [5, 5.41) is 70.8. The number of nitrogens with zero attached hydrogens (tertiary/aromatic N) is 3. The molecule has 0 spiro atoms. The number of fused-ring (bicyclic) bond motifs is 5. The number of phenols is 2. The number of rotatable bonds is 20. The third-order valence-electron chi connectivity index (χ3n) is 11.0. The zero-order valence-corrected chi connectivity index (χ0v) is 36.7. The molecule has 20 nitrogen and oxygen atoms in total. The number of aliphatic hydroxyl groups excluding tert-OH is 1. The zero-order chi connectivity index (χ0) is 47.1. The van der Waals surface area contributed by atoms with Crippen LogP contribution in [0, 0.1) is 5.92 Å². The molecule has 20 heteroatoms. The predicted octanol–water partition coefficient (Wildman–Crippen LogP) is 2.09. The fourth-order valence-electron chi connectivity index (χ4n) is 7.14. The first-order valence-electron chi connectivity index (χ1n) is 21.1. The van der Waals surface area contributed by atoms with Crippen LogP contribution in [0.3, 0.4) is 0 Å². The number of carboxylic acids is 1. The summed E-state index contributed by atoms with van der Waals surface area (Å²) in [5.41, 5.74) is -0.918. The average Bonchev–Trinajstić information content (AvgIpc) is 3.22. The molecule has 2 aromatic rings. The van der Waals surface area contributed by atoms with Gasteiger partial charge in [0.2, 0.25) is 35.4 Å². The minimum atomic E-state index is -1.61. The highest BCUT2D eigenvalue weighted by Crippen LogP contribution is 2.43. The molecule has 0 saturated carbocycles. The molecule has 1 aliphatic rings. The third kappa shape index (κ3) is 14.5. The monoisotopic (exact) mass is 885 g/mol. The smallest absolute Gasteiger partial charge is 0.326 e. The van der Waals surface area contributed by atoms with Crippen molar-refractivity contribution in [2.24, 2.45) is 5.92 Å². The Hall–Kier alpha value is -5.99. The van der Waals surface area contributed by atoms with E-state index in [1.54, 1.807) is 0 Å². The van der Waals surface area contributed by atoms with E-state index in [9.17, 15) is 64.4 Å². The molecule has 348 valence electrons. The number of aromatic hydroxyl groups is 2. The summed E-state index contributed by atoms with van der Waals surface area (Å²) in [6.07, 6.45) is 8.06. The lowest BCUT2D eigenvalue weighted by atomic mass is 9.93. The molecule has 0 radical (unpaired) electrons. The SMILES string of the molecule is CC(C)CCCCCCCCCC(=O)N(C)[C@H](CO)C(=O)N[C@H](C)C(=O)NCC(=O)N(C)C1C(=O)N[C@@H](C)C(=O)NC(C(=O)O)Cc2cc(c(O)c(N(O)O)c2)-c2cc1ccc2O. The Morgan fingerprint density at radius 2 is 1.46 bits per heavy atom. The maximum atomic E-state index is 13.9. The van der Waals surface area contributed by atoms with Gasteiger partial charge in [0.15, 0.2) is 5.75 Å². The van der Waals surface area contributed by atoms with Gasteiger partial charge in [0.05, 0.1) is 13.2 Å². The molecule has 10 N–H and O–H groups in total. The summed E-state index contributed by atoms with van der Waals surface area (Å²) in [6.45, 7) is 5.59. The number of benzene rings is 2. The highest BCUT2D eigenvalue weighted by Gasteiger charge is 2.34. The molecule has 0 aromatic heterocycles. The number of hydrogen-bond acceptors (Lipinski definition) is 13. The number of amides is 6. The minimum Gasteiger partial charge on any atom is -0.507 e. The van der Waals surface area contributed by atoms with Crippen LogP contribution in [-0.4, -0.2) is 133 Å². The second-order valence-electron chi connectivity index (χ2n) is 16.4. The Bertz CT molecular complexity index is 1960. The van der Waals surface area contributed by atoms with Gasteiger partial charge in [-0.05, 0) is 61.6 Å². The maximum absolute atomic E-state index is 13.9. The molecule has 63 heavy (non-hydrogen) atoms. The molecule has 1 aliphatic heterocycles. The van der Waals surface area contributed by atoms with Crippen LogP contribution in [0.15, 0.2) is 30.3 Å². The predicted molar refractivity (Wildman–Crippen MR) is 228 cm³/mol. The summed E-state index contributed by atoms with van der Waals surface area (Å²) in [6, 6.07) is -1.14. The first-order valence-corrected chi connectivity index (χ1v) is 21.1. The van der Waals surface area contributed by atoms with Crippen LogP contribution in [0.4, 0.5) is 5.69 Å². The lowest BCUT2D eigenvalue weighted by Crippen LogP contribution is -2.55. The van der Waals surface area contributed by atoms with Crippen molar-refractivity contribution in [1.29, 1.82) is 0 Å². The normalized spacial score (nSPS) is 17.3. The van der Waals surface area contributed by atoms with Gasteiger partial charge in [-0.2, -0.15) is 0 Å². The van der Waals surface area contributed by atoms with Crippen LogP contribution in [0.5, 0.6) is 11.5 Å². The van der Waals surface area contributed by atoms with Gasteiger partial charge in [0, 0.05) is 38.1 Å². The first kappa shape index (κ1) is 51.4. The van der Waals surface area contributed by atoms with Crippen LogP contribution in [0.25, 0.3) is 11.1 Å². The first-order chi connectivity index (χ1) is 29.7. The maximum Gasteiger partial charge on any atom is 0.326 e. The van der Waals surface area contributed by atoms with Gasteiger partial charge in [-0.25, -0.2) is 4.79 Å². The van der Waals surface area contributed by atoms with Crippen molar-refractivity contribution >= 4 is 47.1 Å². The molecule has 4 bridgehead atoms. The fourth-order valence-corrected chi connectivity index (χ4v) is 7.14. The lowest BCUT2D eigenvalue weighted by Gasteiger charge is -2.30. The number of phenolic OH excluding ortho intramolecular Hbond substituents is 2. The molecular formula is C43H63N7O13. The molecule has 5 atom stereocenters. The number of nitrogens with one attached hydrogen (secondary N) is 4. The highest BCUT2D eigenvalue weighted by atomic mass is 16.8. The van der Waals surface area contributed by atoms with Crippen LogP contribution in [0.1, 0.15) is 103 Å². The summed E-state index contributed by atoms with van der Waals surface area (Å²) in [5.74, 6) is -6.71. The Labute approximate surface area is 366 Å². The van der Waals surface area contributed by atoms with E-state index in [0.717, 1.165) is 47.6 Å². The Kier molecular flexibility index (Phi) is 19.6. The van der Waals surface area contributed by atoms with Crippen molar-refractivity contribution in [3.05, 3.63) is 41.5 Å². The van der Waals surface area contributed by atoms with E-state index in [1.165, 1.54) is 65.4 Å². The van der Waals surface area contributed by atoms with Crippen molar-refractivity contribution in [3.8, 4) is 22.6 Å². The van der Waals surface area contributed by atoms with E-state index in [2.05, 4.69) is 35.1 Å². The molecule has 0 aliphatic carbocycles. The van der Waals surface area contributed by atoms with Crippen molar-refractivity contribution in [1.82, 2.24) is 31.1 Å². The number of aliphatic hydroxyl groups is 1. The number of anilines is 1. The van der Waals surface area contributed by atoms with E-state index in [-0.39, 0.29) is 34.6 Å². The molecule has 3 rings (SSSR count). The second kappa shape index (κ2) is 24.0. The zero-order valence-electron chi connectivity index (χ0n) is 36.7. The third-order valence-corrected chi connectivity index (χ3v) is 11.0. The van der Waals surface area contributed by atoms with Gasteiger partial charge < -0.3 is 51.5 Å². The van der Waals surface area contributed by atoms with Crippen LogP contribution < -0.4 is 26.5 Å². The summed E-state index contributed by atoms with van der Waals surface area (Å²) < 4.78 is 0. The van der Waals surface area contributed by atoms with Gasteiger partial charge in [0.25, 0.3) is 0 Å². The van der Waals surface area contributed by atoms with E-state index in [1.807, 2.05) is 0 Å². The molecule has 6 amide bonds. The average molecular weight is 886 g/mol. The van der Waals surface area contributed by atoms with Crippen molar-refractivity contribution in [2.45, 2.75) is 122 Å². The van der Waals surface area contributed by atoms with Gasteiger partial charge in [-0.15, -0.1) is 5.23 Å². The van der Waals surface area contributed by atoms with Crippen molar-refractivity contribution < 1.29 is 64.4 Å². The minimum absolute atomic E-state index is 0.0219. The van der Waals surface area contributed by atoms with Crippen molar-refractivity contribution in [3.63, 3.8) is 0 Å². The molecule has 0 fully saturated rings. The van der Waals surface area contributed by atoms with Crippen LogP contribution in [-0.2, 0) is 40.0 Å². The van der Waals surface area contributed by atoms with Crippen LogP contribution >= 0.6 is 0 Å². The summed E-state index contributed by atoms with van der Waals surface area (Å²) in [7, 11) is 2.61. The van der Waals surface area contributed by atoms with Gasteiger partial charge >= 0.3 is 5.97 Å². The number of likely N-dealkylation sites (N-methyl/N-ethyl adjacent to an activating group) is 2. The summed E-state index contributed by atoms with van der Waals surface area (Å²) >= 11 is 0. The van der Waals surface area contributed by atoms with Gasteiger partial charge in [-0.1, -0.05) is 64.9 Å². The Balaban J connectivity index is 1.74. The Morgan fingerprint density at radius 1 is 0.825 bits per heavy atom. The molecule has 1 heterocycles. The van der Waals surface area contributed by atoms with Gasteiger partial charge in [0.1, 0.15) is 41.6 Å². The van der Waals surface area contributed by atoms with Gasteiger partial charge in [-0.3, -0.25) is 39.2 Å². The number of carboxylic acid groups (broad SMARTS) is 1. The molecule has 2 aromatic carbocycles. The summed E-state index contributed by atoms with van der Waals surface area (Å²) in [4.78, 5) is 94.1. The molecule has 0 saturated heterocycles. The lowest BCUT2D eigenvalue weighted by molar-refractivity contribution is -0.143. The fraction of sp³-hybridized carbons (Fsp3) is 0.558. The quantitative estimate of drug-likeness (QED) is 0.0673. The van der Waals surface area contributed by atoms with E-state index < -0.39 is 108 Å². The largest absolute Gasteiger partial charge is 0.507 e. The number of unbranched alkanes of at least 4 members (excludes halogenated alkanes) is 6. The molecule has 2 unspecified atom stereocenters. The second-order valence-corrected chi connectivity index (χ2v) is 16.4. The van der Waals surface area contributed by atoms with E-state index in [4.69, 9.17) is 0 Å². The Morgan fingerprint density at radius 3 is 2.06 bits per heavy atom. The highest BCUT2D eigenvalue weighted by molar-refractivity contribution is 5.96. The topological polar surface area (TPSA) is 299 Å². The molecular weight excluding hydrogens is 823 g/mol. The number of carbonyl (C=O) groups is 7. The number of hydrogen-bond donors (Lipinski definition) is 10. The van der Waals surface area contributed by atoms with Crippen molar-refractivity contribution in [2.75, 3.05) is 32.5 Å². The number of aliphatic carboxylic acids is 1. The number of carbonyl (C=O) groups excluding carboxylic acids is 6. The van der Waals surface area contributed by atoms with E-state index in [0.29, 0.717) is 12.3 Å².